The van der Waals surface area contributed by atoms with Crippen LogP contribution in [0, 0.1) is 0 Å². The highest BCUT2D eigenvalue weighted by Gasteiger charge is 2.16. The average molecular weight is 245 g/mol. The molecule has 96 valence electrons. The Balaban J connectivity index is 1.90. The predicted octanol–water partition coefficient (Wildman–Crippen LogP) is 1.52. The Hall–Kier alpha value is -1.55. The highest BCUT2D eigenvalue weighted by atomic mass is 16.1. The van der Waals surface area contributed by atoms with Gasteiger partial charge in [-0.05, 0) is 30.5 Å². The van der Waals surface area contributed by atoms with E-state index in [0.717, 1.165) is 17.6 Å². The van der Waals surface area contributed by atoms with Crippen LogP contribution in [-0.2, 0) is 20.6 Å². The van der Waals surface area contributed by atoms with Gasteiger partial charge < -0.3 is 5.32 Å². The van der Waals surface area contributed by atoms with E-state index in [1.165, 1.54) is 24.8 Å². The van der Waals surface area contributed by atoms with Crippen molar-refractivity contribution < 1.29 is 0 Å². The zero-order valence-electron chi connectivity index (χ0n) is 10.9. The average Bonchev–Trinajstić information content (AvgIpc) is 2.53. The first-order valence-electron chi connectivity index (χ1n) is 6.54. The summed E-state index contributed by atoms with van der Waals surface area (Å²) < 4.78 is 3.40. The Morgan fingerprint density at radius 3 is 2.61 bits per heavy atom. The standard InChI is InChI=1S/C14H19N3O/c1-16-12-7-6-10(9-15-11-4-3-5-11)8-13(12)17(2)14(16)18/h6-8,11,15H,3-5,9H2,1-2H3. The Morgan fingerprint density at radius 2 is 1.94 bits per heavy atom. The van der Waals surface area contributed by atoms with Crippen LogP contribution < -0.4 is 11.0 Å². The van der Waals surface area contributed by atoms with Gasteiger partial charge in [0.1, 0.15) is 0 Å². The Morgan fingerprint density at radius 1 is 1.22 bits per heavy atom. The van der Waals surface area contributed by atoms with Gasteiger partial charge in [0.25, 0.3) is 0 Å². The largest absolute Gasteiger partial charge is 0.328 e. The molecule has 1 aromatic carbocycles. The zero-order valence-corrected chi connectivity index (χ0v) is 10.9. The second-order valence-electron chi connectivity index (χ2n) is 5.23. The summed E-state index contributed by atoms with van der Waals surface area (Å²) in [4.78, 5) is 11.8. The summed E-state index contributed by atoms with van der Waals surface area (Å²) in [6.45, 7) is 0.893. The van der Waals surface area contributed by atoms with Gasteiger partial charge in [-0.15, -0.1) is 0 Å². The summed E-state index contributed by atoms with van der Waals surface area (Å²) in [7, 11) is 3.64. The molecule has 4 heteroatoms. The molecule has 1 saturated carbocycles. The van der Waals surface area contributed by atoms with Crippen LogP contribution in [0.4, 0.5) is 0 Å². The molecule has 1 aliphatic carbocycles. The molecule has 0 atom stereocenters. The van der Waals surface area contributed by atoms with Gasteiger partial charge in [-0.25, -0.2) is 4.79 Å². The SMILES string of the molecule is Cn1c(=O)n(C)c2cc(CNC3CCC3)ccc21. The Labute approximate surface area is 106 Å². The molecule has 4 nitrogen and oxygen atoms in total. The molecule has 0 unspecified atom stereocenters. The van der Waals surface area contributed by atoms with E-state index in [4.69, 9.17) is 0 Å². The Kier molecular flexibility index (Phi) is 2.74. The quantitative estimate of drug-likeness (QED) is 0.890. The second-order valence-corrected chi connectivity index (χ2v) is 5.23. The summed E-state index contributed by atoms with van der Waals surface area (Å²) in [5, 5.41) is 3.55. The molecule has 0 aliphatic heterocycles. The van der Waals surface area contributed by atoms with E-state index in [1.807, 2.05) is 20.2 Å². The van der Waals surface area contributed by atoms with Gasteiger partial charge in [0, 0.05) is 26.7 Å². The number of imidazole rings is 1. The lowest BCUT2D eigenvalue weighted by Gasteiger charge is -2.26. The van der Waals surface area contributed by atoms with E-state index in [0.29, 0.717) is 6.04 Å². The molecular weight excluding hydrogens is 226 g/mol. The number of hydrogen-bond acceptors (Lipinski definition) is 2. The normalized spacial score (nSPS) is 16.1. The van der Waals surface area contributed by atoms with Crippen LogP contribution in [0.3, 0.4) is 0 Å². The lowest BCUT2D eigenvalue weighted by molar-refractivity contribution is 0.338. The molecule has 1 aliphatic rings. The van der Waals surface area contributed by atoms with Gasteiger partial charge in [-0.1, -0.05) is 12.5 Å². The predicted molar refractivity (Wildman–Crippen MR) is 72.6 cm³/mol. The summed E-state index contributed by atoms with van der Waals surface area (Å²) in [6, 6.07) is 6.95. The smallest absolute Gasteiger partial charge is 0.310 e. The van der Waals surface area contributed by atoms with Crippen molar-refractivity contribution in [1.29, 1.82) is 0 Å². The maximum atomic E-state index is 11.8. The molecule has 18 heavy (non-hydrogen) atoms. The maximum Gasteiger partial charge on any atom is 0.328 e. The highest BCUT2D eigenvalue weighted by molar-refractivity contribution is 5.76. The number of rotatable bonds is 3. The molecule has 3 rings (SSSR count). The molecule has 1 heterocycles. The third-order valence-corrected chi connectivity index (χ3v) is 4.04. The van der Waals surface area contributed by atoms with E-state index in [-0.39, 0.29) is 5.69 Å². The first-order valence-corrected chi connectivity index (χ1v) is 6.54. The van der Waals surface area contributed by atoms with Crippen molar-refractivity contribution in [3.63, 3.8) is 0 Å². The second kappa shape index (κ2) is 4.28. The first kappa shape index (κ1) is 11.5. The Bertz CT molecular complexity index is 634. The number of fused-ring (bicyclic) bond motifs is 1. The van der Waals surface area contributed by atoms with Crippen LogP contribution in [-0.4, -0.2) is 15.2 Å². The lowest BCUT2D eigenvalue weighted by atomic mass is 9.93. The van der Waals surface area contributed by atoms with Crippen molar-refractivity contribution >= 4 is 11.0 Å². The molecule has 0 spiro atoms. The molecule has 0 radical (unpaired) electrons. The number of hydrogen-bond donors (Lipinski definition) is 1. The number of benzene rings is 1. The third-order valence-electron chi connectivity index (χ3n) is 4.04. The fourth-order valence-electron chi connectivity index (χ4n) is 2.54. The van der Waals surface area contributed by atoms with Crippen LogP contribution in [0.2, 0.25) is 0 Å². The molecular formula is C14H19N3O. The van der Waals surface area contributed by atoms with E-state index < -0.39 is 0 Å². The fourth-order valence-corrected chi connectivity index (χ4v) is 2.54. The van der Waals surface area contributed by atoms with Crippen molar-refractivity contribution in [2.75, 3.05) is 0 Å². The van der Waals surface area contributed by atoms with Crippen molar-refractivity contribution in [3.8, 4) is 0 Å². The van der Waals surface area contributed by atoms with Crippen LogP contribution in [0.5, 0.6) is 0 Å². The van der Waals surface area contributed by atoms with Crippen LogP contribution in [0.25, 0.3) is 11.0 Å². The first-order chi connectivity index (χ1) is 8.66. The monoisotopic (exact) mass is 245 g/mol. The van der Waals surface area contributed by atoms with Crippen molar-refractivity contribution in [2.24, 2.45) is 14.1 Å². The molecule has 0 saturated heterocycles. The topological polar surface area (TPSA) is 39.0 Å². The minimum absolute atomic E-state index is 0.0362. The van der Waals surface area contributed by atoms with E-state index in [9.17, 15) is 4.79 Å². The van der Waals surface area contributed by atoms with Gasteiger partial charge in [0.2, 0.25) is 0 Å². The number of nitrogens with one attached hydrogen (secondary N) is 1. The van der Waals surface area contributed by atoms with Crippen LogP contribution in [0.1, 0.15) is 24.8 Å². The zero-order chi connectivity index (χ0) is 12.7. The van der Waals surface area contributed by atoms with Gasteiger partial charge >= 0.3 is 5.69 Å². The van der Waals surface area contributed by atoms with E-state index in [1.54, 1.807) is 9.13 Å². The number of aromatic nitrogens is 2. The number of aryl methyl sites for hydroxylation is 2. The van der Waals surface area contributed by atoms with Crippen LogP contribution in [0.15, 0.2) is 23.0 Å². The molecule has 0 amide bonds. The molecule has 1 aromatic heterocycles. The summed E-state index contributed by atoms with van der Waals surface area (Å²) in [6.07, 6.45) is 3.95. The highest BCUT2D eigenvalue weighted by Crippen LogP contribution is 2.19. The van der Waals surface area contributed by atoms with Crippen LogP contribution >= 0.6 is 0 Å². The summed E-state index contributed by atoms with van der Waals surface area (Å²) in [5.41, 5.74) is 3.29. The van der Waals surface area contributed by atoms with Gasteiger partial charge in [0.15, 0.2) is 0 Å². The van der Waals surface area contributed by atoms with Crippen molar-refractivity contribution in [1.82, 2.24) is 14.5 Å². The molecule has 0 bridgehead atoms. The van der Waals surface area contributed by atoms with Gasteiger partial charge in [-0.2, -0.15) is 0 Å². The van der Waals surface area contributed by atoms with Crippen molar-refractivity contribution in [2.45, 2.75) is 31.8 Å². The molecule has 1 N–H and O–H groups in total. The minimum Gasteiger partial charge on any atom is -0.310 e. The fraction of sp³-hybridized carbons (Fsp3) is 0.500. The molecule has 1 fully saturated rings. The lowest BCUT2D eigenvalue weighted by Crippen LogP contribution is -2.34. The summed E-state index contributed by atoms with van der Waals surface area (Å²) in [5.74, 6) is 0. The summed E-state index contributed by atoms with van der Waals surface area (Å²) >= 11 is 0. The van der Waals surface area contributed by atoms with E-state index >= 15 is 0 Å². The van der Waals surface area contributed by atoms with Crippen molar-refractivity contribution in [3.05, 3.63) is 34.2 Å². The maximum absolute atomic E-state index is 11.8. The van der Waals surface area contributed by atoms with E-state index in [2.05, 4.69) is 17.4 Å². The molecule has 2 aromatic rings. The van der Waals surface area contributed by atoms with Gasteiger partial charge in [-0.3, -0.25) is 9.13 Å². The number of nitrogens with zero attached hydrogens (tertiary/aromatic N) is 2. The minimum atomic E-state index is 0.0362. The third kappa shape index (κ3) is 1.77. The van der Waals surface area contributed by atoms with Gasteiger partial charge in [0.05, 0.1) is 11.0 Å².